The Hall–Kier alpha value is -1.86. The molecule has 4 rings (SSSR count). The fourth-order valence-corrected chi connectivity index (χ4v) is 3.59. The van der Waals surface area contributed by atoms with Gasteiger partial charge in [-0.05, 0) is 22.3 Å². The number of amides is 1. The molecule has 27 heavy (non-hydrogen) atoms. The Balaban J connectivity index is 0.00000210. The monoisotopic (exact) mass is 376 g/mol. The number of hydrogen-bond donors (Lipinski definition) is 2. The van der Waals surface area contributed by atoms with Crippen LogP contribution in [0.5, 0.6) is 0 Å². The summed E-state index contributed by atoms with van der Waals surface area (Å²) in [5.74, 6) is -1.34. The van der Waals surface area contributed by atoms with Crippen molar-refractivity contribution in [2.75, 3.05) is 19.8 Å². The van der Waals surface area contributed by atoms with Crippen LogP contribution in [0, 0.1) is 5.92 Å². The molecule has 0 spiro atoms. The maximum atomic E-state index is 12.1. The van der Waals surface area contributed by atoms with Crippen LogP contribution in [0.4, 0.5) is 4.79 Å². The molecule has 1 fully saturated rings. The first-order valence-corrected chi connectivity index (χ1v) is 8.57. The molecule has 1 saturated heterocycles. The van der Waals surface area contributed by atoms with E-state index in [0.717, 1.165) is 22.3 Å². The molecular formula is C20H19NNaO5. The molecule has 1 atom stereocenters. The summed E-state index contributed by atoms with van der Waals surface area (Å²) in [6, 6.07) is 15.1. The summed E-state index contributed by atoms with van der Waals surface area (Å²) < 4.78 is 10.4. The van der Waals surface area contributed by atoms with Crippen LogP contribution in [0.1, 0.15) is 17.0 Å². The third kappa shape index (κ3) is 3.89. The molecule has 7 heteroatoms. The van der Waals surface area contributed by atoms with Gasteiger partial charge in [-0.15, -0.1) is 0 Å². The number of rotatable bonds is 5. The molecular weight excluding hydrogens is 357 g/mol. The maximum absolute atomic E-state index is 12.1. The first kappa shape index (κ1) is 19.9. The minimum Gasteiger partial charge on any atom is -0.480 e. The van der Waals surface area contributed by atoms with Crippen LogP contribution < -0.4 is 5.32 Å². The molecule has 135 valence electrons. The largest absolute Gasteiger partial charge is 0.480 e. The summed E-state index contributed by atoms with van der Waals surface area (Å²) >= 11 is 0. The molecule has 6 nitrogen and oxygen atoms in total. The Labute approximate surface area is 179 Å². The van der Waals surface area contributed by atoms with Gasteiger partial charge in [0, 0.05) is 41.4 Å². The molecule has 1 radical (unpaired) electrons. The summed E-state index contributed by atoms with van der Waals surface area (Å²) in [7, 11) is 0. The second kappa shape index (κ2) is 8.44. The van der Waals surface area contributed by atoms with Gasteiger partial charge in [-0.3, -0.25) is 0 Å². The van der Waals surface area contributed by atoms with E-state index in [-0.39, 0.29) is 48.0 Å². The normalized spacial score (nSPS) is 16.3. The van der Waals surface area contributed by atoms with Crippen molar-refractivity contribution in [3.05, 3.63) is 59.7 Å². The van der Waals surface area contributed by atoms with Crippen molar-refractivity contribution in [1.29, 1.82) is 0 Å². The molecule has 0 saturated carbocycles. The third-order valence-corrected chi connectivity index (χ3v) is 5.02. The molecule has 2 aromatic rings. The number of benzene rings is 2. The quantitative estimate of drug-likeness (QED) is 0.782. The summed E-state index contributed by atoms with van der Waals surface area (Å²) in [4.78, 5) is 23.5. The van der Waals surface area contributed by atoms with E-state index < -0.39 is 18.1 Å². The average molecular weight is 376 g/mol. The fourth-order valence-electron chi connectivity index (χ4n) is 3.59. The topological polar surface area (TPSA) is 84.9 Å². The number of nitrogens with one attached hydrogen (secondary N) is 1. The van der Waals surface area contributed by atoms with Crippen LogP contribution in [0.25, 0.3) is 11.1 Å². The van der Waals surface area contributed by atoms with Gasteiger partial charge in [-0.2, -0.15) is 0 Å². The number of ether oxygens (including phenoxy) is 2. The van der Waals surface area contributed by atoms with E-state index in [4.69, 9.17) is 9.47 Å². The number of fused-ring (bicyclic) bond motifs is 3. The number of carboxylic acids is 1. The van der Waals surface area contributed by atoms with Crippen LogP contribution in [-0.2, 0) is 14.3 Å². The summed E-state index contributed by atoms with van der Waals surface area (Å²) in [5, 5.41) is 11.7. The number of aliphatic carboxylic acids is 1. The van der Waals surface area contributed by atoms with Gasteiger partial charge in [0.05, 0.1) is 13.2 Å². The minimum absolute atomic E-state index is 0. The zero-order valence-electron chi connectivity index (χ0n) is 15.1. The Bertz CT molecular complexity index is 806. The van der Waals surface area contributed by atoms with Gasteiger partial charge in [-0.25, -0.2) is 9.59 Å². The summed E-state index contributed by atoms with van der Waals surface area (Å²) in [6.07, 6.45) is -0.717. The molecule has 2 aromatic carbocycles. The Morgan fingerprint density at radius 1 is 1.07 bits per heavy atom. The number of hydrogen-bond acceptors (Lipinski definition) is 4. The van der Waals surface area contributed by atoms with Crippen LogP contribution in [0.3, 0.4) is 0 Å². The van der Waals surface area contributed by atoms with Crippen molar-refractivity contribution in [2.24, 2.45) is 5.92 Å². The molecule has 0 aromatic heterocycles. The Morgan fingerprint density at radius 2 is 1.63 bits per heavy atom. The van der Waals surface area contributed by atoms with E-state index in [1.54, 1.807) is 0 Å². The predicted molar refractivity (Wildman–Crippen MR) is 99.7 cm³/mol. The smallest absolute Gasteiger partial charge is 0.407 e. The molecule has 1 aliphatic carbocycles. The first-order chi connectivity index (χ1) is 12.6. The SMILES string of the molecule is O=C(NC(C(=O)O)C1COC1)OCC1c2ccccc2-c2ccccc21.[Na]. The zero-order chi connectivity index (χ0) is 18.1. The number of carbonyl (C=O) groups is 2. The number of carboxylic acid groups (broad SMARTS) is 1. The van der Waals surface area contributed by atoms with Crippen molar-refractivity contribution in [1.82, 2.24) is 5.32 Å². The van der Waals surface area contributed by atoms with Crippen molar-refractivity contribution < 1.29 is 24.2 Å². The maximum Gasteiger partial charge on any atom is 0.407 e. The third-order valence-electron chi connectivity index (χ3n) is 5.02. The van der Waals surface area contributed by atoms with E-state index in [2.05, 4.69) is 17.4 Å². The molecule has 2 aliphatic rings. The van der Waals surface area contributed by atoms with E-state index >= 15 is 0 Å². The standard InChI is InChI=1S/C20H19NO5.Na/c22-19(23)18(12-9-25-10-12)21-20(24)26-11-17-15-7-3-1-5-13(15)14-6-2-4-8-16(14)17;/h1-8,12,17-18H,9-11H2,(H,21,24)(H,22,23);. The van der Waals surface area contributed by atoms with Crippen LogP contribution in [0.2, 0.25) is 0 Å². The van der Waals surface area contributed by atoms with E-state index in [1.165, 1.54) is 0 Å². The fraction of sp³-hybridized carbons (Fsp3) is 0.300. The first-order valence-electron chi connectivity index (χ1n) is 8.57. The van der Waals surface area contributed by atoms with E-state index in [1.807, 2.05) is 36.4 Å². The van der Waals surface area contributed by atoms with Gasteiger partial charge >= 0.3 is 12.1 Å². The van der Waals surface area contributed by atoms with Crippen molar-refractivity contribution >= 4 is 41.6 Å². The van der Waals surface area contributed by atoms with Gasteiger partial charge in [0.2, 0.25) is 0 Å². The van der Waals surface area contributed by atoms with Crippen LogP contribution in [0.15, 0.2) is 48.5 Å². The zero-order valence-corrected chi connectivity index (χ0v) is 17.1. The predicted octanol–water partition coefficient (Wildman–Crippen LogP) is 2.24. The van der Waals surface area contributed by atoms with E-state index in [0.29, 0.717) is 13.2 Å². The van der Waals surface area contributed by atoms with E-state index in [9.17, 15) is 14.7 Å². The van der Waals surface area contributed by atoms with Crippen LogP contribution >= 0.6 is 0 Å². The van der Waals surface area contributed by atoms with Crippen molar-refractivity contribution in [2.45, 2.75) is 12.0 Å². The molecule has 0 bridgehead atoms. The molecule has 1 unspecified atom stereocenters. The van der Waals surface area contributed by atoms with Crippen LogP contribution in [-0.4, -0.2) is 72.6 Å². The number of alkyl carbamates (subject to hydrolysis) is 1. The minimum atomic E-state index is -1.08. The van der Waals surface area contributed by atoms with Gasteiger partial charge in [0.25, 0.3) is 0 Å². The van der Waals surface area contributed by atoms with Gasteiger partial charge < -0.3 is 19.9 Å². The second-order valence-corrected chi connectivity index (χ2v) is 6.58. The number of carbonyl (C=O) groups excluding carboxylic acids is 1. The molecule has 2 N–H and O–H groups in total. The van der Waals surface area contributed by atoms with Gasteiger partial charge in [0.15, 0.2) is 0 Å². The van der Waals surface area contributed by atoms with Gasteiger partial charge in [0.1, 0.15) is 12.6 Å². The summed E-state index contributed by atoms with van der Waals surface area (Å²) in [5.41, 5.74) is 4.52. The Morgan fingerprint density at radius 3 is 2.11 bits per heavy atom. The Kier molecular flexibility index (Phi) is 6.22. The second-order valence-electron chi connectivity index (χ2n) is 6.58. The molecule has 1 heterocycles. The molecule has 1 aliphatic heterocycles. The van der Waals surface area contributed by atoms with Crippen molar-refractivity contribution in [3.8, 4) is 11.1 Å². The average Bonchev–Trinajstić information content (AvgIpc) is 2.92. The van der Waals surface area contributed by atoms with Gasteiger partial charge in [-0.1, -0.05) is 48.5 Å². The summed E-state index contributed by atoms with van der Waals surface area (Å²) in [6.45, 7) is 0.828. The molecule has 1 amide bonds. The van der Waals surface area contributed by atoms with Crippen molar-refractivity contribution in [3.63, 3.8) is 0 Å².